The van der Waals surface area contributed by atoms with Crippen LogP contribution in [-0.2, 0) is 10.8 Å². The van der Waals surface area contributed by atoms with Crippen LogP contribution in [-0.4, -0.2) is 26.2 Å². The fourth-order valence-electron chi connectivity index (χ4n) is 1.95. The number of fused-ring (bicyclic) bond motifs is 1. The van der Waals surface area contributed by atoms with Gasteiger partial charge in [-0.2, -0.15) is 0 Å². The molecule has 0 bridgehead atoms. The topological polar surface area (TPSA) is 110 Å². The molecule has 0 spiro atoms. The Hall–Kier alpha value is -2.06. The van der Waals surface area contributed by atoms with Crippen molar-refractivity contribution in [3.63, 3.8) is 0 Å². The molecule has 1 N–H and O–H groups in total. The molecule has 0 aliphatic heterocycles. The van der Waals surface area contributed by atoms with Crippen molar-refractivity contribution in [1.29, 1.82) is 0 Å². The number of H-pyrrole nitrogens is 1. The van der Waals surface area contributed by atoms with E-state index in [4.69, 9.17) is 11.6 Å². The third-order valence-corrected chi connectivity index (χ3v) is 4.04. The Kier molecular flexibility index (Phi) is 3.93. The minimum absolute atomic E-state index is 0.0456. The van der Waals surface area contributed by atoms with Gasteiger partial charge in [-0.05, 0) is 6.92 Å². The Labute approximate surface area is 125 Å². The lowest BCUT2D eigenvalue weighted by atomic mass is 10.1. The predicted octanol–water partition coefficient (Wildman–Crippen LogP) is 2.03. The van der Waals surface area contributed by atoms with E-state index in [1.807, 2.05) is 0 Å². The number of rotatable bonds is 3. The monoisotopic (exact) mass is 328 g/mol. The first-order valence-corrected chi connectivity index (χ1v) is 7.56. The third-order valence-electron chi connectivity index (χ3n) is 2.86. The van der Waals surface area contributed by atoms with Gasteiger partial charge >= 0.3 is 0 Å². The van der Waals surface area contributed by atoms with Crippen LogP contribution in [0.15, 0.2) is 22.0 Å². The van der Waals surface area contributed by atoms with E-state index in [9.17, 15) is 23.9 Å². The van der Waals surface area contributed by atoms with Crippen LogP contribution in [0.3, 0.4) is 0 Å². The highest BCUT2D eigenvalue weighted by Gasteiger charge is 2.21. The van der Waals surface area contributed by atoms with Crippen LogP contribution in [0.1, 0.15) is 17.3 Å². The summed E-state index contributed by atoms with van der Waals surface area (Å²) >= 11 is 5.93. The average Bonchev–Trinajstić information content (AvgIpc) is 2.38. The Morgan fingerprint density at radius 2 is 2.05 bits per heavy atom. The molecule has 7 nitrogen and oxygen atoms in total. The van der Waals surface area contributed by atoms with E-state index in [2.05, 4.69) is 4.98 Å². The number of nitrogens with one attached hydrogen (secondary N) is 1. The summed E-state index contributed by atoms with van der Waals surface area (Å²) in [6.45, 7) is 1.16. The molecule has 1 heterocycles. The number of carbonyl (C=O) groups excluding carboxylic acids is 1. The maximum absolute atomic E-state index is 12.4. The van der Waals surface area contributed by atoms with Crippen molar-refractivity contribution in [1.82, 2.24) is 4.98 Å². The molecule has 0 saturated carbocycles. The predicted molar refractivity (Wildman–Crippen MR) is 78.6 cm³/mol. The Morgan fingerprint density at radius 3 is 2.52 bits per heavy atom. The summed E-state index contributed by atoms with van der Waals surface area (Å²) in [7, 11) is -1.62. The van der Waals surface area contributed by atoms with E-state index in [1.54, 1.807) is 0 Å². The number of Topliss-reactive ketones (excluding diaryl/α,β-unsaturated/α-hetero) is 1. The van der Waals surface area contributed by atoms with Crippen LogP contribution in [0.25, 0.3) is 10.9 Å². The fraction of sp³-hybridized carbons (Fsp3) is 0.167. The zero-order valence-corrected chi connectivity index (χ0v) is 12.5. The van der Waals surface area contributed by atoms with Gasteiger partial charge in [-0.25, -0.2) is 0 Å². The van der Waals surface area contributed by atoms with E-state index in [1.165, 1.54) is 6.26 Å². The lowest BCUT2D eigenvalue weighted by Gasteiger charge is -2.08. The maximum Gasteiger partial charge on any atom is 0.271 e. The van der Waals surface area contributed by atoms with E-state index in [-0.39, 0.29) is 32.2 Å². The number of nitro benzene ring substituents is 1. The number of nitro groups is 1. The third kappa shape index (κ3) is 2.59. The van der Waals surface area contributed by atoms with Gasteiger partial charge in [-0.3, -0.25) is 23.9 Å². The number of pyridine rings is 1. The number of halogens is 1. The van der Waals surface area contributed by atoms with Crippen LogP contribution < -0.4 is 5.43 Å². The summed E-state index contributed by atoms with van der Waals surface area (Å²) in [6.07, 6.45) is 1.31. The van der Waals surface area contributed by atoms with Crippen molar-refractivity contribution >= 4 is 44.8 Å². The first-order valence-electron chi connectivity index (χ1n) is 5.62. The fourth-order valence-corrected chi connectivity index (χ4v) is 2.98. The molecular weight excluding hydrogens is 320 g/mol. The molecule has 0 aliphatic rings. The van der Waals surface area contributed by atoms with Crippen molar-refractivity contribution in [2.75, 3.05) is 6.26 Å². The highest BCUT2D eigenvalue weighted by molar-refractivity contribution is 7.84. The first kappa shape index (κ1) is 15.3. The van der Waals surface area contributed by atoms with E-state index < -0.39 is 26.9 Å². The minimum atomic E-state index is -1.62. The molecule has 0 aliphatic carbocycles. The molecule has 1 aromatic heterocycles. The van der Waals surface area contributed by atoms with Crippen molar-refractivity contribution in [3.05, 3.63) is 43.1 Å². The second kappa shape index (κ2) is 5.38. The minimum Gasteiger partial charge on any atom is -0.346 e. The molecule has 1 aromatic carbocycles. The standard InChI is InChI=1S/C12H9ClN2O5S/c1-5(16)9-11(17)7-3-6(15(18)19)4-8(13)10(7)14-12(9)21(2)20/h3-4H,1-2H3,(H,14,17). The zero-order valence-electron chi connectivity index (χ0n) is 10.9. The van der Waals surface area contributed by atoms with Gasteiger partial charge in [0.2, 0.25) is 5.43 Å². The largest absolute Gasteiger partial charge is 0.346 e. The molecule has 2 aromatic rings. The number of nitrogens with zero attached hydrogens (tertiary/aromatic N) is 1. The number of aromatic nitrogens is 1. The number of ketones is 1. The van der Waals surface area contributed by atoms with Crippen LogP contribution in [0.4, 0.5) is 5.69 Å². The highest BCUT2D eigenvalue weighted by atomic mass is 35.5. The summed E-state index contributed by atoms with van der Waals surface area (Å²) in [5, 5.41) is 10.6. The molecule has 0 fully saturated rings. The van der Waals surface area contributed by atoms with E-state index >= 15 is 0 Å². The van der Waals surface area contributed by atoms with Crippen LogP contribution in [0, 0.1) is 10.1 Å². The maximum atomic E-state index is 12.4. The summed E-state index contributed by atoms with van der Waals surface area (Å²) in [4.78, 5) is 36.8. The number of non-ortho nitro benzene ring substituents is 1. The van der Waals surface area contributed by atoms with Crippen molar-refractivity contribution in [2.24, 2.45) is 0 Å². The number of hydrogen-bond acceptors (Lipinski definition) is 5. The average molecular weight is 329 g/mol. The van der Waals surface area contributed by atoms with Gasteiger partial charge in [0.05, 0.1) is 37.2 Å². The van der Waals surface area contributed by atoms with Crippen molar-refractivity contribution in [2.45, 2.75) is 11.9 Å². The molecule has 0 radical (unpaired) electrons. The first-order chi connectivity index (χ1) is 9.73. The molecule has 9 heteroatoms. The number of hydrogen-bond donors (Lipinski definition) is 1. The summed E-state index contributed by atoms with van der Waals surface area (Å²) in [5.41, 5.74) is -1.26. The number of aromatic amines is 1. The lowest BCUT2D eigenvalue weighted by molar-refractivity contribution is -0.384. The van der Waals surface area contributed by atoms with E-state index in [0.717, 1.165) is 19.1 Å². The highest BCUT2D eigenvalue weighted by Crippen LogP contribution is 2.27. The van der Waals surface area contributed by atoms with Gasteiger partial charge in [0.25, 0.3) is 5.69 Å². The zero-order chi connectivity index (χ0) is 15.9. The molecule has 2 rings (SSSR count). The second-order valence-corrected chi connectivity index (χ2v) is 6.00. The lowest BCUT2D eigenvalue weighted by Crippen LogP contribution is -2.19. The molecule has 1 atom stereocenters. The Morgan fingerprint density at radius 1 is 1.43 bits per heavy atom. The van der Waals surface area contributed by atoms with Crippen LogP contribution >= 0.6 is 11.6 Å². The van der Waals surface area contributed by atoms with Crippen molar-refractivity contribution in [3.8, 4) is 0 Å². The molecular formula is C12H9ClN2O5S. The number of benzene rings is 1. The molecule has 21 heavy (non-hydrogen) atoms. The molecule has 0 amide bonds. The molecule has 1 unspecified atom stereocenters. The Bertz CT molecular complexity index is 874. The Balaban J connectivity index is 3.04. The quantitative estimate of drug-likeness (QED) is 0.526. The molecule has 0 saturated heterocycles. The van der Waals surface area contributed by atoms with Gasteiger partial charge in [-0.15, -0.1) is 0 Å². The van der Waals surface area contributed by atoms with Crippen LogP contribution in [0.2, 0.25) is 5.02 Å². The smallest absolute Gasteiger partial charge is 0.271 e. The van der Waals surface area contributed by atoms with Gasteiger partial charge in [0.15, 0.2) is 5.78 Å². The summed E-state index contributed by atoms with van der Waals surface area (Å²) in [6, 6.07) is 2.12. The number of carbonyl (C=O) groups is 1. The van der Waals surface area contributed by atoms with Crippen LogP contribution in [0.5, 0.6) is 0 Å². The molecule has 110 valence electrons. The van der Waals surface area contributed by atoms with Gasteiger partial charge < -0.3 is 4.98 Å². The normalized spacial score (nSPS) is 12.3. The van der Waals surface area contributed by atoms with Crippen molar-refractivity contribution < 1.29 is 13.9 Å². The summed E-state index contributed by atoms with van der Waals surface area (Å²) < 4.78 is 11.7. The van der Waals surface area contributed by atoms with Gasteiger partial charge in [-0.1, -0.05) is 11.6 Å². The van der Waals surface area contributed by atoms with Gasteiger partial charge in [0, 0.05) is 18.4 Å². The van der Waals surface area contributed by atoms with E-state index in [0.29, 0.717) is 0 Å². The van der Waals surface area contributed by atoms with Gasteiger partial charge in [0.1, 0.15) is 5.03 Å². The SMILES string of the molecule is CC(=O)c1c(S(C)=O)[nH]c2c(Cl)cc([N+](=O)[O-])cc2c1=O. The summed E-state index contributed by atoms with van der Waals surface area (Å²) in [5.74, 6) is -0.578. The second-order valence-electron chi connectivity index (χ2n) is 4.28.